The number of nitrogens with one attached hydrogen (secondary N) is 2. The zero-order chi connectivity index (χ0) is 24.8. The standard InChI is InChI=1S/C27H30N4O4/c1-19-10-11-25(24(14-19)29-26(32)28-21-8-5-4-6-9-21)31-13-7-12-30(27(31)33)18-20-15-22(34-2)17-23(16-20)35-3/h4-6,8-11,14-17H,7,12-13,18H2,1-3H3,(H2,28,29,32). The van der Waals surface area contributed by atoms with Gasteiger partial charge >= 0.3 is 12.1 Å². The van der Waals surface area contributed by atoms with Crippen molar-refractivity contribution in [2.24, 2.45) is 0 Å². The summed E-state index contributed by atoms with van der Waals surface area (Å²) in [5.74, 6) is 1.35. The Morgan fingerprint density at radius 2 is 1.63 bits per heavy atom. The maximum absolute atomic E-state index is 13.5. The Bertz CT molecular complexity index is 1180. The van der Waals surface area contributed by atoms with E-state index in [2.05, 4.69) is 10.6 Å². The van der Waals surface area contributed by atoms with Crippen LogP contribution in [0, 0.1) is 6.92 Å². The molecule has 1 saturated heterocycles. The van der Waals surface area contributed by atoms with Gasteiger partial charge in [0.2, 0.25) is 0 Å². The van der Waals surface area contributed by atoms with Crippen molar-refractivity contribution in [2.75, 3.05) is 42.8 Å². The topological polar surface area (TPSA) is 83.1 Å². The zero-order valence-electron chi connectivity index (χ0n) is 20.2. The maximum Gasteiger partial charge on any atom is 0.324 e. The van der Waals surface area contributed by atoms with E-state index in [1.165, 1.54) is 0 Å². The van der Waals surface area contributed by atoms with Crippen LogP contribution in [0.2, 0.25) is 0 Å². The molecular weight excluding hydrogens is 444 g/mol. The van der Waals surface area contributed by atoms with Crippen molar-refractivity contribution in [3.63, 3.8) is 0 Å². The normalized spacial score (nSPS) is 13.4. The highest BCUT2D eigenvalue weighted by Gasteiger charge is 2.29. The lowest BCUT2D eigenvalue weighted by Gasteiger charge is -2.36. The Kier molecular flexibility index (Phi) is 7.40. The minimum atomic E-state index is -0.368. The van der Waals surface area contributed by atoms with Crippen LogP contribution in [-0.2, 0) is 6.54 Å². The van der Waals surface area contributed by atoms with E-state index in [9.17, 15) is 9.59 Å². The maximum atomic E-state index is 13.5. The Morgan fingerprint density at radius 3 is 2.31 bits per heavy atom. The molecule has 3 aromatic carbocycles. The number of benzene rings is 3. The molecule has 1 heterocycles. The third kappa shape index (κ3) is 5.84. The second-order valence-electron chi connectivity index (χ2n) is 8.40. The molecule has 0 unspecified atom stereocenters. The molecule has 0 atom stereocenters. The van der Waals surface area contributed by atoms with E-state index in [1.807, 2.05) is 67.6 Å². The summed E-state index contributed by atoms with van der Waals surface area (Å²) in [7, 11) is 3.21. The summed E-state index contributed by atoms with van der Waals surface area (Å²) in [5.41, 5.74) is 3.83. The van der Waals surface area contributed by atoms with Gasteiger partial charge < -0.3 is 25.0 Å². The summed E-state index contributed by atoms with van der Waals surface area (Å²) >= 11 is 0. The number of rotatable bonds is 7. The molecule has 0 spiro atoms. The number of ether oxygens (including phenoxy) is 2. The van der Waals surface area contributed by atoms with Crippen molar-refractivity contribution in [3.05, 3.63) is 77.9 Å². The molecule has 1 aliphatic heterocycles. The number of para-hydroxylation sites is 1. The molecule has 0 radical (unpaired) electrons. The van der Waals surface area contributed by atoms with Crippen LogP contribution in [0.4, 0.5) is 26.7 Å². The number of amides is 4. The fourth-order valence-electron chi connectivity index (χ4n) is 4.12. The summed E-state index contributed by atoms with van der Waals surface area (Å²) < 4.78 is 10.7. The largest absolute Gasteiger partial charge is 0.497 e. The number of urea groups is 2. The summed E-state index contributed by atoms with van der Waals surface area (Å²) in [6.45, 7) is 3.57. The van der Waals surface area contributed by atoms with Gasteiger partial charge in [-0.2, -0.15) is 0 Å². The van der Waals surface area contributed by atoms with E-state index >= 15 is 0 Å². The summed E-state index contributed by atoms with van der Waals surface area (Å²) in [4.78, 5) is 29.7. The minimum Gasteiger partial charge on any atom is -0.497 e. The number of anilines is 3. The van der Waals surface area contributed by atoms with Gasteiger partial charge in [0.25, 0.3) is 0 Å². The Labute approximate surface area is 205 Å². The van der Waals surface area contributed by atoms with Crippen molar-refractivity contribution in [1.29, 1.82) is 0 Å². The Hall–Kier alpha value is -4.20. The van der Waals surface area contributed by atoms with Gasteiger partial charge in [0.05, 0.1) is 25.6 Å². The average Bonchev–Trinajstić information content (AvgIpc) is 2.86. The Morgan fingerprint density at radius 1 is 0.914 bits per heavy atom. The molecule has 8 nitrogen and oxygen atoms in total. The van der Waals surface area contributed by atoms with Crippen LogP contribution in [0.3, 0.4) is 0 Å². The van der Waals surface area contributed by atoms with Crippen molar-refractivity contribution in [2.45, 2.75) is 19.9 Å². The first-order valence-corrected chi connectivity index (χ1v) is 11.5. The molecule has 2 N–H and O–H groups in total. The summed E-state index contributed by atoms with van der Waals surface area (Å²) in [6.07, 6.45) is 0.802. The highest BCUT2D eigenvalue weighted by atomic mass is 16.5. The van der Waals surface area contributed by atoms with Gasteiger partial charge in [-0.1, -0.05) is 24.3 Å². The van der Waals surface area contributed by atoms with Gasteiger partial charge in [0.1, 0.15) is 11.5 Å². The molecule has 0 saturated carbocycles. The number of aryl methyl sites for hydroxylation is 1. The van der Waals surface area contributed by atoms with Crippen LogP contribution in [0.15, 0.2) is 66.7 Å². The third-order valence-electron chi connectivity index (χ3n) is 5.82. The number of hydrogen-bond donors (Lipinski definition) is 2. The smallest absolute Gasteiger partial charge is 0.324 e. The molecule has 0 aromatic heterocycles. The number of methoxy groups -OCH3 is 2. The lowest BCUT2D eigenvalue weighted by molar-refractivity contribution is 0.192. The quantitative estimate of drug-likeness (QED) is 0.474. The first kappa shape index (κ1) is 23.9. The summed E-state index contributed by atoms with van der Waals surface area (Å²) in [6, 6.07) is 20.0. The van der Waals surface area contributed by atoms with E-state index < -0.39 is 0 Å². The molecular formula is C27H30N4O4. The lowest BCUT2D eigenvalue weighted by Crippen LogP contribution is -2.49. The first-order valence-electron chi connectivity index (χ1n) is 11.5. The fraction of sp³-hybridized carbons (Fsp3) is 0.259. The predicted molar refractivity (Wildman–Crippen MR) is 138 cm³/mol. The van der Waals surface area contributed by atoms with Crippen molar-refractivity contribution in [1.82, 2.24) is 4.90 Å². The number of nitrogens with zero attached hydrogens (tertiary/aromatic N) is 2. The molecule has 182 valence electrons. The Balaban J connectivity index is 1.53. The monoisotopic (exact) mass is 474 g/mol. The summed E-state index contributed by atoms with van der Waals surface area (Å²) in [5, 5.41) is 5.74. The number of hydrogen-bond acceptors (Lipinski definition) is 4. The third-order valence-corrected chi connectivity index (χ3v) is 5.82. The van der Waals surface area contributed by atoms with Crippen LogP contribution in [0.25, 0.3) is 0 Å². The van der Waals surface area contributed by atoms with Crippen LogP contribution in [0.1, 0.15) is 17.5 Å². The van der Waals surface area contributed by atoms with E-state index in [0.29, 0.717) is 48.2 Å². The van der Waals surface area contributed by atoms with Gasteiger partial charge in [-0.3, -0.25) is 4.90 Å². The number of carbonyl (C=O) groups is 2. The van der Waals surface area contributed by atoms with Crippen molar-refractivity contribution in [3.8, 4) is 11.5 Å². The minimum absolute atomic E-state index is 0.117. The first-order chi connectivity index (χ1) is 17.0. The SMILES string of the molecule is COc1cc(CN2CCCN(c3ccc(C)cc3NC(=O)Nc3ccccc3)C2=O)cc(OC)c1. The van der Waals surface area contributed by atoms with E-state index in [-0.39, 0.29) is 12.1 Å². The number of carbonyl (C=O) groups excluding carboxylic acids is 2. The fourth-order valence-corrected chi connectivity index (χ4v) is 4.12. The van der Waals surface area contributed by atoms with E-state index in [4.69, 9.17) is 9.47 Å². The predicted octanol–water partition coefficient (Wildman–Crippen LogP) is 5.49. The molecule has 1 aliphatic rings. The molecule has 35 heavy (non-hydrogen) atoms. The average molecular weight is 475 g/mol. The van der Waals surface area contributed by atoms with Gasteiger partial charge in [0, 0.05) is 31.4 Å². The van der Waals surface area contributed by atoms with Crippen LogP contribution in [0.5, 0.6) is 11.5 Å². The van der Waals surface area contributed by atoms with Gasteiger partial charge in [-0.15, -0.1) is 0 Å². The molecule has 0 aliphatic carbocycles. The van der Waals surface area contributed by atoms with Crippen molar-refractivity contribution >= 4 is 29.1 Å². The molecule has 8 heteroatoms. The van der Waals surface area contributed by atoms with E-state index in [1.54, 1.807) is 30.1 Å². The second kappa shape index (κ2) is 10.8. The molecule has 4 amide bonds. The zero-order valence-corrected chi connectivity index (χ0v) is 20.2. The lowest BCUT2D eigenvalue weighted by atomic mass is 10.1. The van der Waals surface area contributed by atoms with Crippen LogP contribution < -0.4 is 25.0 Å². The van der Waals surface area contributed by atoms with Crippen LogP contribution in [-0.4, -0.2) is 44.3 Å². The highest BCUT2D eigenvalue weighted by molar-refractivity contribution is 6.04. The molecule has 0 bridgehead atoms. The molecule has 3 aromatic rings. The van der Waals surface area contributed by atoms with Crippen molar-refractivity contribution < 1.29 is 19.1 Å². The van der Waals surface area contributed by atoms with E-state index in [0.717, 1.165) is 17.5 Å². The second-order valence-corrected chi connectivity index (χ2v) is 8.40. The molecule has 1 fully saturated rings. The van der Waals surface area contributed by atoms with Gasteiger partial charge in [-0.25, -0.2) is 9.59 Å². The van der Waals surface area contributed by atoms with Gasteiger partial charge in [0.15, 0.2) is 0 Å². The van der Waals surface area contributed by atoms with Crippen LogP contribution >= 0.6 is 0 Å². The molecule has 4 rings (SSSR count). The highest BCUT2D eigenvalue weighted by Crippen LogP contribution is 2.31. The van der Waals surface area contributed by atoms with Gasteiger partial charge in [-0.05, 0) is 60.9 Å².